The van der Waals surface area contributed by atoms with Gasteiger partial charge in [-0.3, -0.25) is 0 Å². The average Bonchev–Trinajstić information content (AvgIpc) is 2.14. The third kappa shape index (κ3) is 3.79. The van der Waals surface area contributed by atoms with Gasteiger partial charge in [-0.15, -0.1) is 19.2 Å². The molecule has 0 aliphatic carbocycles. The van der Waals surface area contributed by atoms with Gasteiger partial charge in [0.05, 0.1) is 0 Å². The van der Waals surface area contributed by atoms with Crippen molar-refractivity contribution >= 4 is 0 Å². The van der Waals surface area contributed by atoms with Crippen LogP contribution in [-0.2, 0) is 0 Å². The summed E-state index contributed by atoms with van der Waals surface area (Å²) in [6.45, 7) is 1.80. The quantitative estimate of drug-likeness (QED) is 0.752. The van der Waals surface area contributed by atoms with E-state index in [4.69, 9.17) is 5.73 Å². The maximum absolute atomic E-state index is 11.9. The Morgan fingerprint density at radius 1 is 1.40 bits per heavy atom. The van der Waals surface area contributed by atoms with Crippen molar-refractivity contribution in [3.63, 3.8) is 0 Å². The second-order valence-corrected chi connectivity index (χ2v) is 3.08. The standard InChI is InChI=1S/C10H11F3NO/c1-2-9(14)7-4-3-5-8(6-7)15-10(11,12)13/h3-6,9,14H,2H2,1H3/q-1/t9-/m0/s1. The topological polar surface area (TPSA) is 33.0 Å². The van der Waals surface area contributed by atoms with Crippen molar-refractivity contribution in [3.05, 3.63) is 35.6 Å². The highest BCUT2D eigenvalue weighted by Crippen LogP contribution is 2.27. The van der Waals surface area contributed by atoms with Gasteiger partial charge in [0.1, 0.15) is 5.75 Å². The maximum atomic E-state index is 11.9. The van der Waals surface area contributed by atoms with E-state index in [2.05, 4.69) is 4.74 Å². The van der Waals surface area contributed by atoms with Crippen molar-refractivity contribution in [3.8, 4) is 5.75 Å². The molecule has 0 heterocycles. The molecule has 1 atom stereocenters. The van der Waals surface area contributed by atoms with E-state index < -0.39 is 12.4 Å². The number of alkyl halides is 3. The molecule has 84 valence electrons. The van der Waals surface area contributed by atoms with E-state index in [-0.39, 0.29) is 5.75 Å². The fourth-order valence-electron chi connectivity index (χ4n) is 1.16. The lowest BCUT2D eigenvalue weighted by Gasteiger charge is -2.19. The summed E-state index contributed by atoms with van der Waals surface area (Å²) in [6.07, 6.45) is -4.13. The minimum Gasteiger partial charge on any atom is -0.671 e. The van der Waals surface area contributed by atoms with Crippen molar-refractivity contribution in [1.29, 1.82) is 0 Å². The number of halogens is 3. The van der Waals surface area contributed by atoms with Crippen molar-refractivity contribution in [2.75, 3.05) is 0 Å². The molecule has 5 heteroatoms. The first-order valence-corrected chi connectivity index (χ1v) is 4.49. The van der Waals surface area contributed by atoms with Crippen LogP contribution >= 0.6 is 0 Å². The largest absolute Gasteiger partial charge is 0.671 e. The molecule has 0 spiro atoms. The number of benzene rings is 1. The van der Waals surface area contributed by atoms with Crippen LogP contribution in [0.25, 0.3) is 5.73 Å². The third-order valence-corrected chi connectivity index (χ3v) is 1.90. The normalized spacial score (nSPS) is 13.7. The van der Waals surface area contributed by atoms with Crippen molar-refractivity contribution < 1.29 is 17.9 Å². The molecule has 0 aromatic heterocycles. The van der Waals surface area contributed by atoms with Crippen LogP contribution in [0, 0.1) is 0 Å². The van der Waals surface area contributed by atoms with Gasteiger partial charge in [0, 0.05) is 0 Å². The first-order chi connectivity index (χ1) is 6.92. The Morgan fingerprint density at radius 2 is 2.07 bits per heavy atom. The second-order valence-electron chi connectivity index (χ2n) is 3.08. The smallest absolute Gasteiger partial charge is 0.573 e. The molecule has 0 radical (unpaired) electrons. The Labute approximate surface area is 85.8 Å². The van der Waals surface area contributed by atoms with Crippen molar-refractivity contribution in [2.24, 2.45) is 0 Å². The van der Waals surface area contributed by atoms with Gasteiger partial charge in [0.2, 0.25) is 0 Å². The van der Waals surface area contributed by atoms with Gasteiger partial charge >= 0.3 is 6.36 Å². The Morgan fingerprint density at radius 3 is 2.60 bits per heavy atom. The Balaban J connectivity index is 2.83. The summed E-state index contributed by atoms with van der Waals surface area (Å²) in [5.74, 6) is -0.272. The van der Waals surface area contributed by atoms with Crippen LogP contribution in [0.5, 0.6) is 5.75 Å². The lowest BCUT2D eigenvalue weighted by molar-refractivity contribution is -0.274. The van der Waals surface area contributed by atoms with Gasteiger partial charge in [-0.25, -0.2) is 0 Å². The van der Waals surface area contributed by atoms with Crippen LogP contribution in [-0.4, -0.2) is 6.36 Å². The van der Waals surface area contributed by atoms with E-state index in [0.29, 0.717) is 12.0 Å². The molecule has 0 aliphatic rings. The Hall–Kier alpha value is -1.23. The SMILES string of the molecule is CC[C@H]([NH-])c1cccc(OC(F)(F)F)c1. The molecule has 0 aliphatic heterocycles. The predicted molar refractivity (Wildman–Crippen MR) is 50.5 cm³/mol. The second kappa shape index (κ2) is 4.53. The first kappa shape index (κ1) is 11.8. The summed E-state index contributed by atoms with van der Waals surface area (Å²) in [5, 5.41) is 0. The van der Waals surface area contributed by atoms with E-state index in [1.165, 1.54) is 18.2 Å². The zero-order valence-electron chi connectivity index (χ0n) is 8.14. The predicted octanol–water partition coefficient (Wildman–Crippen LogP) is 4.09. The van der Waals surface area contributed by atoms with E-state index in [9.17, 15) is 13.2 Å². The van der Waals surface area contributed by atoms with Gasteiger partial charge in [-0.05, 0) is 12.1 Å². The molecule has 0 amide bonds. The Kier molecular flexibility index (Phi) is 3.57. The lowest BCUT2D eigenvalue weighted by Crippen LogP contribution is -2.17. The summed E-state index contributed by atoms with van der Waals surface area (Å²) in [4.78, 5) is 0. The van der Waals surface area contributed by atoms with Gasteiger partial charge in [-0.1, -0.05) is 31.0 Å². The molecular formula is C10H11F3NO-. The summed E-state index contributed by atoms with van der Waals surface area (Å²) in [6, 6.07) is 5.02. The molecule has 15 heavy (non-hydrogen) atoms. The summed E-state index contributed by atoms with van der Waals surface area (Å²) in [7, 11) is 0. The van der Waals surface area contributed by atoms with Gasteiger partial charge in [-0.2, -0.15) is 0 Å². The monoisotopic (exact) mass is 218 g/mol. The summed E-state index contributed by atoms with van der Waals surface area (Å²) >= 11 is 0. The first-order valence-electron chi connectivity index (χ1n) is 4.49. The van der Waals surface area contributed by atoms with Crippen LogP contribution in [0.3, 0.4) is 0 Å². The number of hydrogen-bond donors (Lipinski definition) is 0. The highest BCUT2D eigenvalue weighted by Gasteiger charge is 2.31. The van der Waals surface area contributed by atoms with E-state index >= 15 is 0 Å². The van der Waals surface area contributed by atoms with Crippen LogP contribution in [0.2, 0.25) is 0 Å². The molecule has 0 saturated carbocycles. The molecule has 1 N–H and O–H groups in total. The third-order valence-electron chi connectivity index (χ3n) is 1.90. The molecule has 0 fully saturated rings. The summed E-state index contributed by atoms with van der Waals surface area (Å²) in [5.41, 5.74) is 8.08. The zero-order valence-corrected chi connectivity index (χ0v) is 8.14. The molecule has 2 nitrogen and oxygen atoms in total. The van der Waals surface area contributed by atoms with Crippen LogP contribution in [0.1, 0.15) is 24.9 Å². The van der Waals surface area contributed by atoms with Crippen LogP contribution < -0.4 is 4.74 Å². The molecule has 1 rings (SSSR count). The van der Waals surface area contributed by atoms with Gasteiger partial charge < -0.3 is 10.5 Å². The average molecular weight is 218 g/mol. The number of ether oxygens (including phenoxy) is 1. The number of nitrogens with one attached hydrogen (secondary N) is 1. The van der Waals surface area contributed by atoms with Gasteiger partial charge in [0.15, 0.2) is 0 Å². The highest BCUT2D eigenvalue weighted by atomic mass is 19.4. The lowest BCUT2D eigenvalue weighted by atomic mass is 10.1. The minimum absolute atomic E-state index is 0.272. The van der Waals surface area contributed by atoms with E-state index in [1.807, 2.05) is 0 Å². The van der Waals surface area contributed by atoms with Crippen molar-refractivity contribution in [2.45, 2.75) is 25.7 Å². The summed E-state index contributed by atoms with van der Waals surface area (Å²) < 4.78 is 39.4. The van der Waals surface area contributed by atoms with E-state index in [0.717, 1.165) is 0 Å². The van der Waals surface area contributed by atoms with Crippen molar-refractivity contribution in [1.82, 2.24) is 0 Å². The zero-order chi connectivity index (χ0) is 11.5. The fraction of sp³-hybridized carbons (Fsp3) is 0.400. The Bertz CT molecular complexity index is 325. The van der Waals surface area contributed by atoms with E-state index in [1.54, 1.807) is 13.0 Å². The molecular weight excluding hydrogens is 207 g/mol. The van der Waals surface area contributed by atoms with Crippen LogP contribution in [0.15, 0.2) is 24.3 Å². The van der Waals surface area contributed by atoms with Crippen LogP contribution in [0.4, 0.5) is 13.2 Å². The highest BCUT2D eigenvalue weighted by molar-refractivity contribution is 5.31. The molecule has 0 unspecified atom stereocenters. The number of rotatable bonds is 3. The molecule has 0 saturated heterocycles. The van der Waals surface area contributed by atoms with Gasteiger partial charge in [0.25, 0.3) is 0 Å². The maximum Gasteiger partial charge on any atom is 0.573 e. The number of hydrogen-bond acceptors (Lipinski definition) is 1. The molecule has 1 aromatic carbocycles. The molecule has 1 aromatic rings. The molecule has 0 bridgehead atoms. The fourth-order valence-corrected chi connectivity index (χ4v) is 1.16. The minimum atomic E-state index is -4.68.